The standard InChI is InChI=1S/C22H25N9O14P2.2C22H26N8O10P2S2/c1-7(32)10-11-17(25-4-24-10)30(5-26-11)20-14(34)15-9(43-20)3-41-47(38,39)45-16-13(33)8(2-40-46(36,37)44-15)42-21(16)31-6-27-12-18(31)28-22(23)29-19(12)35;2*23-11-1-3-25-17-10(11)2-4-29(17)21-15(31)16-13(38-21)7-36-41(33,43)39-12-5-9(6-35-42(34,44)40-16)37-20(12)30-8-26-14-18(30)27-22(24)28-19(14)32/h4-6,8-9,13-16,20-21,33-34H,2-3H2,1H3,(H,36,37)(H,38,39)(H3,23,28,29,35);2*1-4,8-9,12-13,15-16,20-21,31H,5-7H2,(H2,23,25)(H,33,43)(H,34,44)(H3,24,27,28,32)/t8-,9-,13-,14-,15-,16-,20-,21-;2*9?,12-,13-,15-,16-,20-,21-,41?,42?/m111/s1. The van der Waals surface area contributed by atoms with Crippen LogP contribution in [-0.4, -0.2) is 285 Å². The van der Waals surface area contributed by atoms with E-state index in [0.717, 1.165) is 17.2 Å². The van der Waals surface area contributed by atoms with Crippen molar-refractivity contribution in [2.75, 3.05) is 68.3 Å². The van der Waals surface area contributed by atoms with Crippen molar-refractivity contribution in [3.63, 3.8) is 0 Å². The van der Waals surface area contributed by atoms with Crippen molar-refractivity contribution in [3.05, 3.63) is 117 Å². The van der Waals surface area contributed by atoms with Gasteiger partial charge in [-0.15, -0.1) is 0 Å². The molecule has 0 aromatic carbocycles. The van der Waals surface area contributed by atoms with E-state index in [2.05, 4.69) is 82.0 Å². The van der Waals surface area contributed by atoms with E-state index in [9.17, 15) is 77.8 Å². The number of hydrogen-bond acceptors (Lipinski definition) is 48. The number of phosphoric ester groups is 2. The lowest BCUT2D eigenvalue weighted by atomic mass is 10.1. The van der Waals surface area contributed by atoms with Crippen LogP contribution in [0.25, 0.3) is 66.7 Å². The maximum Gasteiger partial charge on any atom is 0.472 e. The summed E-state index contributed by atoms with van der Waals surface area (Å²) in [6, 6.07) is 6.71. The Balaban J connectivity index is 0.000000130. The number of anilines is 5. The third kappa shape index (κ3) is 19.0. The van der Waals surface area contributed by atoms with Crippen LogP contribution >= 0.6 is 54.8 Å². The largest absolute Gasteiger partial charge is 0.472 e. The van der Waals surface area contributed by atoms with Gasteiger partial charge in [0.1, 0.15) is 114 Å². The molecule has 69 heteroatoms. The van der Waals surface area contributed by atoms with Gasteiger partial charge >= 0.3 is 42.6 Å². The van der Waals surface area contributed by atoms with Crippen LogP contribution in [0.3, 0.4) is 0 Å². The zero-order valence-corrected chi connectivity index (χ0v) is 77.2. The van der Waals surface area contributed by atoms with E-state index in [1.54, 1.807) is 45.8 Å². The monoisotopic (exact) mass is 2080 g/mol. The van der Waals surface area contributed by atoms with Gasteiger partial charge in [0, 0.05) is 66.7 Å². The second kappa shape index (κ2) is 36.6. The fourth-order valence-corrected chi connectivity index (χ4v) is 24.3. The molecular weight excluding hydrogens is 2000 g/mol. The van der Waals surface area contributed by atoms with E-state index in [1.165, 1.54) is 52.0 Å². The fraction of sp³-hybridized carbons (Fsp3) is 0.470. The van der Waals surface area contributed by atoms with Crippen molar-refractivity contribution in [1.82, 2.24) is 97.2 Å². The summed E-state index contributed by atoms with van der Waals surface area (Å²) in [6.07, 6.45) is -15.7. The predicted octanol–water partition coefficient (Wildman–Crippen LogP) is -0.639. The summed E-state index contributed by atoms with van der Waals surface area (Å²) in [4.78, 5) is 156. The number of aromatic nitrogens is 20. The first-order valence-corrected chi connectivity index (χ1v) is 53.3. The molecule has 28 atom stereocenters. The third-order valence-electron chi connectivity index (χ3n) is 22.5. The van der Waals surface area contributed by atoms with E-state index >= 15 is 0 Å². The lowest BCUT2D eigenvalue weighted by Crippen LogP contribution is -2.36. The number of nitrogens with one attached hydrogen (secondary N) is 3. The van der Waals surface area contributed by atoms with Crippen molar-refractivity contribution in [3.8, 4) is 0 Å². The van der Waals surface area contributed by atoms with E-state index in [4.69, 9.17) is 147 Å². The number of Topliss-reactive ketones (excluding diaryl/α,β-unsaturated/α-hetero) is 1. The molecule has 0 aliphatic carbocycles. The Morgan fingerprint density at radius 2 is 0.785 bits per heavy atom. The normalized spacial score (nSPS) is 36.6. The number of ketones is 1. The number of H-pyrrole nitrogens is 3. The van der Waals surface area contributed by atoms with Crippen molar-refractivity contribution in [2.45, 2.75) is 155 Å². The highest BCUT2D eigenvalue weighted by molar-refractivity contribution is 8.44. The highest BCUT2D eigenvalue weighted by Gasteiger charge is 2.57. The number of ether oxygens (including phenoxy) is 6. The van der Waals surface area contributed by atoms with Crippen molar-refractivity contribution in [1.29, 1.82) is 0 Å². The van der Waals surface area contributed by atoms with Gasteiger partial charge in [0.15, 0.2) is 82.3 Å². The third-order valence-corrected chi connectivity index (χ3v) is 30.8. The number of thiol groups is 1. The van der Waals surface area contributed by atoms with Gasteiger partial charge in [-0.2, -0.15) is 15.0 Å². The molecule has 0 radical (unpaired) electrons. The molecule has 9 fully saturated rings. The van der Waals surface area contributed by atoms with E-state index in [0.29, 0.717) is 33.4 Å². The Morgan fingerprint density at radius 1 is 0.407 bits per heavy atom. The SMILES string of the molecule is CC(=O)c1ncnc2c1ncn2[C@@H]1O[C@@H]2COP(=O)(O)O[C@@H]3[C@H](O)[C@@H](COP(=O)(O)O[C@H]2[C@H]1O)O[C@H]3n1cnc2c(=O)[nH]c(N)nc21.Nc1nc2c(ncn2[C@@H]2OC3COP(O)(=S)O[C@H]4[C@@H](O)[C@H](n5ccc6c(N)ccnc65)O[C@@H]4COP(=O)(S)O[C@@H]2C3)c(=O)[nH]1.Nc1nc2c(ncn2[C@@H]2OC3COP(O)(=S)O[C@H]4[C@@H](O)[C@H](n5ccc6c(N)ccnc65)O[C@@H]4COP(O)(=S)O[C@@H]2C3)c(=O)[nH]1. The molecule has 135 heavy (non-hydrogen) atoms. The van der Waals surface area contributed by atoms with Crippen LogP contribution in [0, 0.1) is 0 Å². The van der Waals surface area contributed by atoms with Gasteiger partial charge in [0.05, 0.1) is 77.2 Å². The van der Waals surface area contributed by atoms with Crippen LogP contribution in [0.2, 0.25) is 0 Å². The topological polar surface area (TPSA) is 817 Å². The number of rotatable bonds is 7. The molecule has 21 rings (SSSR count). The molecule has 0 saturated carbocycles. The highest BCUT2D eigenvalue weighted by atomic mass is 32.7. The van der Waals surface area contributed by atoms with Gasteiger partial charge in [-0.25, -0.2) is 53.6 Å². The lowest BCUT2D eigenvalue weighted by molar-refractivity contribution is -0.0672. The number of pyridine rings is 2. The number of hydrogen-bond donors (Lipinski definition) is 18. The second-order valence-electron chi connectivity index (χ2n) is 31.3. The minimum absolute atomic E-state index is 0.000451. The Bertz CT molecular complexity index is 6890. The van der Waals surface area contributed by atoms with Gasteiger partial charge in [0.25, 0.3) is 16.7 Å². The number of nitrogens with zero attached hydrogens (tertiary/aromatic N) is 17. The first-order valence-electron chi connectivity index (χ1n) is 39.9. The number of aromatic amines is 3. The zero-order chi connectivity index (χ0) is 95.3. The number of aliphatic hydroxyl groups is 4. The van der Waals surface area contributed by atoms with Crippen LogP contribution in [-0.2, 0) is 132 Å². The number of carbonyl (C=O) groups excluding carboxylic acids is 1. The molecule has 724 valence electrons. The second-order valence-corrected chi connectivity index (χ2v) is 45.4. The molecular formula is C66H77N25O34P6S4. The van der Waals surface area contributed by atoms with Crippen LogP contribution in [0.1, 0.15) is 67.6 Å². The minimum atomic E-state index is -5.15. The molecule has 9 aliphatic rings. The molecule has 21 heterocycles. The van der Waals surface area contributed by atoms with Crippen molar-refractivity contribution >= 4 is 192 Å². The molecule has 9 aliphatic heterocycles. The van der Waals surface area contributed by atoms with E-state index in [-0.39, 0.29) is 94.2 Å². The average Bonchev–Trinajstić information content (AvgIpc) is 1.59. The maximum atomic E-state index is 13.5. The summed E-state index contributed by atoms with van der Waals surface area (Å²) in [5.74, 6) is -1.00. The van der Waals surface area contributed by atoms with Crippen LogP contribution in [0.15, 0.2) is 95.1 Å². The number of nitrogens with two attached hydrogens (primary N) is 5. The molecule has 12 aromatic heterocycles. The van der Waals surface area contributed by atoms with Crippen molar-refractivity contribution in [2.24, 2.45) is 0 Å². The quantitative estimate of drug-likeness (QED) is 0.0536. The minimum Gasteiger partial charge on any atom is -0.398 e. The van der Waals surface area contributed by atoms with Crippen LogP contribution in [0.5, 0.6) is 0 Å². The Kier molecular flexibility index (Phi) is 25.9. The molecule has 8 unspecified atom stereocenters. The number of phosphoric acid groups is 2. The predicted molar refractivity (Wildman–Crippen MR) is 469 cm³/mol. The van der Waals surface area contributed by atoms with Gasteiger partial charge < -0.3 is 129 Å². The van der Waals surface area contributed by atoms with Gasteiger partial charge in [0.2, 0.25) is 17.8 Å². The first kappa shape index (κ1) is 95.5. The molecule has 0 spiro atoms. The molecule has 9 saturated heterocycles. The summed E-state index contributed by atoms with van der Waals surface area (Å²) in [7, 11) is -10.2. The highest BCUT2D eigenvalue weighted by Crippen LogP contribution is 2.61. The fourth-order valence-electron chi connectivity index (χ4n) is 16.6. The molecule has 6 bridgehead atoms. The van der Waals surface area contributed by atoms with Gasteiger partial charge in [-0.1, -0.05) is 12.2 Å². The molecule has 0 amide bonds. The molecule has 12 aromatic rings. The van der Waals surface area contributed by atoms with E-state index < -0.39 is 227 Å². The maximum absolute atomic E-state index is 13.5. The smallest absolute Gasteiger partial charge is 0.398 e. The summed E-state index contributed by atoms with van der Waals surface area (Å²) in [5, 5.41) is 46.1. The van der Waals surface area contributed by atoms with Crippen LogP contribution in [0.4, 0.5) is 29.2 Å². The number of carbonyl (C=O) groups is 1. The molecule has 59 nitrogen and oxygen atoms in total. The summed E-state index contributed by atoms with van der Waals surface area (Å²) < 4.78 is 151. The zero-order valence-electron chi connectivity index (χ0n) is 68.4. The van der Waals surface area contributed by atoms with E-state index in [1.807, 2.05) is 0 Å². The summed E-state index contributed by atoms with van der Waals surface area (Å²) >= 11 is 20.1. The number of aliphatic hydroxyl groups excluding tert-OH is 4. The van der Waals surface area contributed by atoms with Crippen LogP contribution < -0.4 is 45.3 Å². The van der Waals surface area contributed by atoms with Crippen molar-refractivity contribution < 1.29 is 146 Å². The molecule has 22 N–H and O–H groups in total. The Morgan fingerprint density at radius 3 is 1.25 bits per heavy atom. The lowest BCUT2D eigenvalue weighted by Gasteiger charge is -2.28. The Hall–Kier alpha value is -8.44. The summed E-state index contributed by atoms with van der Waals surface area (Å²) in [6.45, 7) is -18.0. The number of fused-ring (bicyclic) bond motifs is 15. The number of nitrogen functional groups attached to an aromatic ring is 5. The first-order chi connectivity index (χ1) is 64.0. The van der Waals surface area contributed by atoms with Gasteiger partial charge in [-0.3, -0.25) is 88.6 Å². The summed E-state index contributed by atoms with van der Waals surface area (Å²) in [5.41, 5.74) is 29.2. The Labute approximate surface area is 771 Å². The average molecular weight is 2080 g/mol. The van der Waals surface area contributed by atoms with Gasteiger partial charge in [-0.05, 0) is 59.7 Å². The number of imidazole rings is 4.